The van der Waals surface area contributed by atoms with Crippen LogP contribution in [0.2, 0.25) is 0 Å². The van der Waals surface area contributed by atoms with E-state index in [1.54, 1.807) is 24.5 Å². The molecule has 0 N–H and O–H groups in total. The average Bonchev–Trinajstić information content (AvgIpc) is 3.10. The molecule has 1 unspecified atom stereocenters. The predicted octanol–water partition coefficient (Wildman–Crippen LogP) is 3.42. The van der Waals surface area contributed by atoms with E-state index in [4.69, 9.17) is 0 Å². The number of carbonyl (C=O) groups is 1. The van der Waals surface area contributed by atoms with Crippen molar-refractivity contribution >= 4 is 5.91 Å². The summed E-state index contributed by atoms with van der Waals surface area (Å²) in [5.74, 6) is -1.41. The summed E-state index contributed by atoms with van der Waals surface area (Å²) in [6.07, 6.45) is 6.87. The van der Waals surface area contributed by atoms with Crippen LogP contribution in [0.15, 0.2) is 42.7 Å². The fourth-order valence-corrected chi connectivity index (χ4v) is 4.63. The van der Waals surface area contributed by atoms with Gasteiger partial charge in [-0.1, -0.05) is 18.2 Å². The molecular weight excluding hydrogens is 360 g/mol. The third kappa shape index (κ3) is 4.07. The standard InChI is InChI=1S/C22H25F2N3O/c23-19-6-1-5-18(21(19)24)14-26-10-3-7-22(15-26)8-11-27(16-22)20(28)12-17-4-2-9-25-13-17/h1-2,4-6,9,13H,3,7-8,10-12,14-16H2. The van der Waals surface area contributed by atoms with Crippen molar-refractivity contribution in [2.24, 2.45) is 5.41 Å². The number of amides is 1. The van der Waals surface area contributed by atoms with E-state index in [2.05, 4.69) is 9.88 Å². The zero-order valence-electron chi connectivity index (χ0n) is 15.9. The fraction of sp³-hybridized carbons (Fsp3) is 0.455. The van der Waals surface area contributed by atoms with Gasteiger partial charge < -0.3 is 4.90 Å². The van der Waals surface area contributed by atoms with E-state index < -0.39 is 11.6 Å². The topological polar surface area (TPSA) is 36.4 Å². The van der Waals surface area contributed by atoms with E-state index in [1.165, 1.54) is 0 Å². The Labute approximate surface area is 164 Å². The summed E-state index contributed by atoms with van der Waals surface area (Å²) in [4.78, 5) is 20.9. The molecule has 1 aromatic carbocycles. The maximum atomic E-state index is 14.0. The summed E-state index contributed by atoms with van der Waals surface area (Å²) in [5, 5.41) is 0. The van der Waals surface area contributed by atoms with E-state index >= 15 is 0 Å². The van der Waals surface area contributed by atoms with Crippen LogP contribution in [0.4, 0.5) is 8.78 Å². The average molecular weight is 385 g/mol. The summed E-state index contributed by atoms with van der Waals surface area (Å²) in [5.41, 5.74) is 1.40. The fourth-order valence-electron chi connectivity index (χ4n) is 4.63. The van der Waals surface area contributed by atoms with Crippen molar-refractivity contribution in [1.29, 1.82) is 0 Å². The molecule has 28 heavy (non-hydrogen) atoms. The van der Waals surface area contributed by atoms with Gasteiger partial charge in [0, 0.05) is 49.6 Å². The molecule has 148 valence electrons. The van der Waals surface area contributed by atoms with Crippen LogP contribution < -0.4 is 0 Å². The van der Waals surface area contributed by atoms with Crippen molar-refractivity contribution < 1.29 is 13.6 Å². The Hall–Kier alpha value is -2.34. The van der Waals surface area contributed by atoms with E-state index in [1.807, 2.05) is 17.0 Å². The quantitative estimate of drug-likeness (QED) is 0.809. The smallest absolute Gasteiger partial charge is 0.227 e. The van der Waals surface area contributed by atoms with Crippen LogP contribution in [-0.4, -0.2) is 46.9 Å². The van der Waals surface area contributed by atoms with Gasteiger partial charge >= 0.3 is 0 Å². The number of pyridine rings is 1. The molecular formula is C22H25F2N3O. The lowest BCUT2D eigenvalue weighted by atomic mass is 9.79. The lowest BCUT2D eigenvalue weighted by Gasteiger charge is -2.40. The number of halogens is 2. The summed E-state index contributed by atoms with van der Waals surface area (Å²) in [6.45, 7) is 3.62. The van der Waals surface area contributed by atoms with Gasteiger partial charge in [0.25, 0.3) is 0 Å². The third-order valence-corrected chi connectivity index (χ3v) is 6.04. The van der Waals surface area contributed by atoms with Gasteiger partial charge in [0.1, 0.15) is 0 Å². The van der Waals surface area contributed by atoms with Gasteiger partial charge in [-0.2, -0.15) is 0 Å². The number of benzene rings is 1. The molecule has 2 fully saturated rings. The molecule has 1 amide bonds. The van der Waals surface area contributed by atoms with Crippen LogP contribution in [0.3, 0.4) is 0 Å². The number of piperidine rings is 1. The van der Waals surface area contributed by atoms with E-state index in [-0.39, 0.29) is 11.3 Å². The van der Waals surface area contributed by atoms with Crippen molar-refractivity contribution in [1.82, 2.24) is 14.8 Å². The monoisotopic (exact) mass is 385 g/mol. The van der Waals surface area contributed by atoms with E-state index in [0.717, 1.165) is 57.1 Å². The maximum absolute atomic E-state index is 14.0. The lowest BCUT2D eigenvalue weighted by Crippen LogP contribution is -2.45. The Morgan fingerprint density at radius 2 is 2.00 bits per heavy atom. The molecule has 4 rings (SSSR count). The minimum absolute atomic E-state index is 0.0622. The predicted molar refractivity (Wildman–Crippen MR) is 102 cm³/mol. The second-order valence-electron chi connectivity index (χ2n) is 8.13. The Morgan fingerprint density at radius 1 is 1.11 bits per heavy atom. The van der Waals surface area contributed by atoms with Crippen LogP contribution in [0.1, 0.15) is 30.4 Å². The second kappa shape index (κ2) is 7.95. The normalized spacial score (nSPS) is 22.7. The molecule has 1 aromatic heterocycles. The van der Waals surface area contributed by atoms with E-state index in [0.29, 0.717) is 18.5 Å². The van der Waals surface area contributed by atoms with Crippen molar-refractivity contribution in [3.8, 4) is 0 Å². The third-order valence-electron chi connectivity index (χ3n) is 6.04. The number of nitrogens with zero attached hydrogens (tertiary/aromatic N) is 3. The molecule has 2 aliphatic rings. The minimum atomic E-state index is -0.794. The van der Waals surface area contributed by atoms with Gasteiger partial charge in [-0.05, 0) is 43.5 Å². The molecule has 2 aromatic rings. The highest BCUT2D eigenvalue weighted by Crippen LogP contribution is 2.39. The van der Waals surface area contributed by atoms with Crippen molar-refractivity contribution in [3.05, 3.63) is 65.5 Å². The molecule has 0 bridgehead atoms. The highest BCUT2D eigenvalue weighted by atomic mass is 19.2. The van der Waals surface area contributed by atoms with Gasteiger partial charge in [0.2, 0.25) is 5.91 Å². The van der Waals surface area contributed by atoms with Crippen LogP contribution in [-0.2, 0) is 17.8 Å². The molecule has 0 aliphatic carbocycles. The molecule has 3 heterocycles. The Morgan fingerprint density at radius 3 is 2.82 bits per heavy atom. The number of hydrogen-bond donors (Lipinski definition) is 0. The summed E-state index contributed by atoms with van der Waals surface area (Å²) in [7, 11) is 0. The Kier molecular flexibility index (Phi) is 5.40. The Bertz CT molecular complexity index is 845. The SMILES string of the molecule is O=C(Cc1cccnc1)N1CCC2(CCCN(Cc3cccc(F)c3F)C2)C1. The van der Waals surface area contributed by atoms with Crippen molar-refractivity contribution in [2.45, 2.75) is 32.2 Å². The highest BCUT2D eigenvalue weighted by molar-refractivity contribution is 5.79. The number of rotatable bonds is 4. The van der Waals surface area contributed by atoms with Gasteiger partial charge in [-0.3, -0.25) is 14.7 Å². The zero-order valence-corrected chi connectivity index (χ0v) is 15.9. The largest absolute Gasteiger partial charge is 0.342 e. The minimum Gasteiger partial charge on any atom is -0.342 e. The van der Waals surface area contributed by atoms with Crippen molar-refractivity contribution in [3.63, 3.8) is 0 Å². The van der Waals surface area contributed by atoms with E-state index in [9.17, 15) is 13.6 Å². The summed E-state index contributed by atoms with van der Waals surface area (Å²) < 4.78 is 27.5. The van der Waals surface area contributed by atoms with Gasteiger partial charge in [0.15, 0.2) is 11.6 Å². The molecule has 4 nitrogen and oxygen atoms in total. The zero-order chi connectivity index (χ0) is 19.6. The maximum Gasteiger partial charge on any atom is 0.227 e. The molecule has 2 aliphatic heterocycles. The number of aromatic nitrogens is 1. The molecule has 0 radical (unpaired) electrons. The first-order valence-electron chi connectivity index (χ1n) is 9.87. The lowest BCUT2D eigenvalue weighted by molar-refractivity contribution is -0.130. The molecule has 0 saturated carbocycles. The molecule has 1 atom stereocenters. The highest BCUT2D eigenvalue weighted by Gasteiger charge is 2.42. The van der Waals surface area contributed by atoms with Gasteiger partial charge in [-0.25, -0.2) is 8.78 Å². The molecule has 2 saturated heterocycles. The van der Waals surface area contributed by atoms with Crippen LogP contribution >= 0.6 is 0 Å². The first-order chi connectivity index (χ1) is 13.5. The van der Waals surface area contributed by atoms with Crippen LogP contribution in [0.25, 0.3) is 0 Å². The summed E-state index contributed by atoms with van der Waals surface area (Å²) in [6, 6.07) is 8.13. The van der Waals surface area contributed by atoms with Crippen molar-refractivity contribution in [2.75, 3.05) is 26.2 Å². The first-order valence-corrected chi connectivity index (χ1v) is 9.87. The Balaban J connectivity index is 1.38. The van der Waals surface area contributed by atoms with Crippen LogP contribution in [0, 0.1) is 17.0 Å². The second-order valence-corrected chi connectivity index (χ2v) is 8.13. The van der Waals surface area contributed by atoms with Crippen LogP contribution in [0.5, 0.6) is 0 Å². The first kappa shape index (κ1) is 19.0. The number of likely N-dealkylation sites (tertiary alicyclic amines) is 2. The molecule has 6 heteroatoms. The summed E-state index contributed by atoms with van der Waals surface area (Å²) >= 11 is 0. The number of hydrogen-bond acceptors (Lipinski definition) is 3. The molecule has 1 spiro atoms. The van der Waals surface area contributed by atoms with Gasteiger partial charge in [0.05, 0.1) is 6.42 Å². The van der Waals surface area contributed by atoms with Gasteiger partial charge in [-0.15, -0.1) is 0 Å². The number of carbonyl (C=O) groups excluding carboxylic acids is 1.